The molecular formula is C20H23N3O. The van der Waals surface area contributed by atoms with Gasteiger partial charge in [0.15, 0.2) is 0 Å². The fourth-order valence-corrected chi connectivity index (χ4v) is 2.64. The number of rotatable bonds is 8. The highest BCUT2D eigenvalue weighted by Gasteiger charge is 2.13. The maximum atomic E-state index is 5.85. The third-order valence-corrected chi connectivity index (χ3v) is 3.92. The third kappa shape index (κ3) is 4.52. The largest absolute Gasteiger partial charge is 0.419 e. The first-order valence-corrected chi connectivity index (χ1v) is 8.49. The predicted octanol–water partition coefficient (Wildman–Crippen LogP) is 4.54. The van der Waals surface area contributed by atoms with E-state index in [0.29, 0.717) is 18.3 Å². The average molecular weight is 321 g/mol. The summed E-state index contributed by atoms with van der Waals surface area (Å²) >= 11 is 0. The van der Waals surface area contributed by atoms with Gasteiger partial charge in [0, 0.05) is 12.1 Å². The van der Waals surface area contributed by atoms with Crippen molar-refractivity contribution in [1.29, 1.82) is 0 Å². The molecule has 0 spiro atoms. The van der Waals surface area contributed by atoms with E-state index in [9.17, 15) is 0 Å². The molecule has 0 aliphatic rings. The number of nitrogens with zero attached hydrogens (tertiary/aromatic N) is 3. The summed E-state index contributed by atoms with van der Waals surface area (Å²) in [7, 11) is 0. The van der Waals surface area contributed by atoms with Gasteiger partial charge in [-0.05, 0) is 30.7 Å². The highest BCUT2D eigenvalue weighted by molar-refractivity contribution is 5.51. The van der Waals surface area contributed by atoms with Gasteiger partial charge in [-0.25, -0.2) is 0 Å². The van der Waals surface area contributed by atoms with E-state index in [2.05, 4.69) is 46.3 Å². The second kappa shape index (κ2) is 8.41. The van der Waals surface area contributed by atoms with Gasteiger partial charge < -0.3 is 4.42 Å². The Hall–Kier alpha value is -2.46. The molecule has 0 atom stereocenters. The zero-order valence-electron chi connectivity index (χ0n) is 14.1. The van der Waals surface area contributed by atoms with Crippen LogP contribution in [0.4, 0.5) is 0 Å². The van der Waals surface area contributed by atoms with E-state index < -0.39 is 0 Å². The van der Waals surface area contributed by atoms with Crippen LogP contribution in [0.3, 0.4) is 0 Å². The molecule has 1 aromatic heterocycles. The van der Waals surface area contributed by atoms with E-state index in [-0.39, 0.29) is 0 Å². The van der Waals surface area contributed by atoms with Gasteiger partial charge in [0.25, 0.3) is 0 Å². The zero-order chi connectivity index (χ0) is 16.6. The number of benzene rings is 2. The maximum Gasteiger partial charge on any atom is 0.247 e. The Morgan fingerprint density at radius 1 is 0.875 bits per heavy atom. The van der Waals surface area contributed by atoms with Crippen LogP contribution in [-0.4, -0.2) is 21.6 Å². The van der Waals surface area contributed by atoms with Crippen LogP contribution in [0, 0.1) is 0 Å². The first-order chi connectivity index (χ1) is 11.8. The van der Waals surface area contributed by atoms with Gasteiger partial charge in [-0.15, -0.1) is 10.2 Å². The minimum Gasteiger partial charge on any atom is -0.419 e. The summed E-state index contributed by atoms with van der Waals surface area (Å²) < 4.78 is 5.85. The minimum atomic E-state index is 0.584. The second-order valence-electron chi connectivity index (χ2n) is 5.92. The van der Waals surface area contributed by atoms with E-state index in [1.54, 1.807) is 0 Å². The van der Waals surface area contributed by atoms with E-state index in [1.165, 1.54) is 12.0 Å². The number of aromatic nitrogens is 2. The van der Waals surface area contributed by atoms with Crippen molar-refractivity contribution in [3.8, 4) is 11.5 Å². The Morgan fingerprint density at radius 2 is 1.58 bits per heavy atom. The van der Waals surface area contributed by atoms with Crippen molar-refractivity contribution in [2.75, 3.05) is 6.54 Å². The van der Waals surface area contributed by atoms with Crippen molar-refractivity contribution in [2.24, 2.45) is 0 Å². The van der Waals surface area contributed by atoms with E-state index in [4.69, 9.17) is 4.42 Å². The smallest absolute Gasteiger partial charge is 0.247 e. The SMILES string of the molecule is CCCCN(Cc1ccccc1)Cc1nnc(-c2ccccc2)o1. The summed E-state index contributed by atoms with van der Waals surface area (Å²) in [5, 5.41) is 8.41. The molecule has 124 valence electrons. The van der Waals surface area contributed by atoms with Crippen LogP contribution in [0.1, 0.15) is 31.2 Å². The van der Waals surface area contributed by atoms with Crippen molar-refractivity contribution in [3.05, 3.63) is 72.1 Å². The Morgan fingerprint density at radius 3 is 2.29 bits per heavy atom. The normalized spacial score (nSPS) is 11.1. The Bertz CT molecular complexity index is 725. The molecule has 2 aromatic carbocycles. The fourth-order valence-electron chi connectivity index (χ4n) is 2.64. The van der Waals surface area contributed by atoms with Crippen molar-refractivity contribution in [3.63, 3.8) is 0 Å². The summed E-state index contributed by atoms with van der Waals surface area (Å²) in [6.45, 7) is 4.80. The van der Waals surface area contributed by atoms with Crippen LogP contribution in [0.25, 0.3) is 11.5 Å². The van der Waals surface area contributed by atoms with Crippen LogP contribution in [-0.2, 0) is 13.1 Å². The summed E-state index contributed by atoms with van der Waals surface area (Å²) in [4.78, 5) is 2.36. The van der Waals surface area contributed by atoms with Crippen LogP contribution in [0.15, 0.2) is 65.1 Å². The fraction of sp³-hybridized carbons (Fsp3) is 0.300. The molecule has 4 heteroatoms. The van der Waals surface area contributed by atoms with Crippen LogP contribution < -0.4 is 0 Å². The van der Waals surface area contributed by atoms with Crippen molar-refractivity contribution in [1.82, 2.24) is 15.1 Å². The molecule has 0 unspecified atom stereocenters. The number of hydrogen-bond acceptors (Lipinski definition) is 4. The summed E-state index contributed by atoms with van der Waals surface area (Å²) in [6, 6.07) is 20.4. The van der Waals surface area contributed by atoms with E-state index in [1.807, 2.05) is 36.4 Å². The highest BCUT2D eigenvalue weighted by Crippen LogP contribution is 2.18. The van der Waals surface area contributed by atoms with Gasteiger partial charge >= 0.3 is 0 Å². The average Bonchev–Trinajstić information content (AvgIpc) is 3.10. The Labute approximate surface area is 143 Å². The number of hydrogen-bond donors (Lipinski definition) is 0. The Balaban J connectivity index is 1.69. The lowest BCUT2D eigenvalue weighted by Gasteiger charge is -2.20. The van der Waals surface area contributed by atoms with Crippen molar-refractivity contribution >= 4 is 0 Å². The molecule has 0 aliphatic carbocycles. The number of unbranched alkanes of at least 4 members (excludes halogenated alkanes) is 1. The van der Waals surface area contributed by atoms with Gasteiger partial charge in [-0.3, -0.25) is 4.90 Å². The summed E-state index contributed by atoms with van der Waals surface area (Å²) in [5.74, 6) is 1.25. The molecule has 0 amide bonds. The molecule has 1 heterocycles. The van der Waals surface area contributed by atoms with Gasteiger partial charge in [0.2, 0.25) is 11.8 Å². The lowest BCUT2D eigenvalue weighted by molar-refractivity contribution is 0.228. The molecule has 4 nitrogen and oxygen atoms in total. The second-order valence-corrected chi connectivity index (χ2v) is 5.92. The summed E-state index contributed by atoms with van der Waals surface area (Å²) in [5.41, 5.74) is 2.26. The molecule has 3 aromatic rings. The van der Waals surface area contributed by atoms with Crippen LogP contribution in [0.5, 0.6) is 0 Å². The standard InChI is InChI=1S/C20H23N3O/c1-2-3-14-23(15-17-10-6-4-7-11-17)16-19-21-22-20(24-19)18-12-8-5-9-13-18/h4-13H,2-3,14-16H2,1H3. The molecule has 0 fully saturated rings. The molecule has 24 heavy (non-hydrogen) atoms. The Kier molecular flexibility index (Phi) is 5.75. The molecule has 0 saturated carbocycles. The molecule has 3 rings (SSSR count). The maximum absolute atomic E-state index is 5.85. The zero-order valence-corrected chi connectivity index (χ0v) is 14.1. The molecule has 0 saturated heterocycles. The molecule has 0 bridgehead atoms. The van der Waals surface area contributed by atoms with E-state index in [0.717, 1.165) is 25.1 Å². The predicted molar refractivity (Wildman–Crippen MR) is 95.2 cm³/mol. The van der Waals surface area contributed by atoms with Gasteiger partial charge in [0.1, 0.15) is 0 Å². The van der Waals surface area contributed by atoms with Crippen molar-refractivity contribution in [2.45, 2.75) is 32.9 Å². The molecule has 0 radical (unpaired) electrons. The van der Waals surface area contributed by atoms with Crippen LogP contribution in [0.2, 0.25) is 0 Å². The lowest BCUT2D eigenvalue weighted by Crippen LogP contribution is -2.24. The quantitative estimate of drug-likeness (QED) is 0.611. The molecule has 0 N–H and O–H groups in total. The van der Waals surface area contributed by atoms with Crippen LogP contribution >= 0.6 is 0 Å². The van der Waals surface area contributed by atoms with Gasteiger partial charge in [-0.1, -0.05) is 61.9 Å². The molecule has 0 aliphatic heterocycles. The topological polar surface area (TPSA) is 42.2 Å². The third-order valence-electron chi connectivity index (χ3n) is 3.92. The first kappa shape index (κ1) is 16.4. The lowest BCUT2D eigenvalue weighted by atomic mass is 10.2. The van der Waals surface area contributed by atoms with E-state index >= 15 is 0 Å². The van der Waals surface area contributed by atoms with Crippen molar-refractivity contribution < 1.29 is 4.42 Å². The monoisotopic (exact) mass is 321 g/mol. The van der Waals surface area contributed by atoms with Gasteiger partial charge in [-0.2, -0.15) is 0 Å². The van der Waals surface area contributed by atoms with Gasteiger partial charge in [0.05, 0.1) is 6.54 Å². The summed E-state index contributed by atoms with van der Waals surface area (Å²) in [6.07, 6.45) is 2.33. The minimum absolute atomic E-state index is 0.584. The molecular weight excluding hydrogens is 298 g/mol. The first-order valence-electron chi connectivity index (χ1n) is 8.49. The highest BCUT2D eigenvalue weighted by atomic mass is 16.4.